The largest absolute Gasteiger partial charge is 0.316 e. The maximum absolute atomic E-state index is 4.51. The Hall–Kier alpha value is -0.940. The summed E-state index contributed by atoms with van der Waals surface area (Å²) in [6, 6.07) is 0. The summed E-state index contributed by atoms with van der Waals surface area (Å²) in [6.07, 6.45) is 3.79. The maximum atomic E-state index is 4.51. The third kappa shape index (κ3) is 2.98. The molecular weight excluding hydrogens is 238 g/mol. The van der Waals surface area contributed by atoms with E-state index in [0.717, 1.165) is 24.7 Å². The van der Waals surface area contributed by atoms with Gasteiger partial charge in [0.2, 0.25) is 0 Å². The Morgan fingerprint density at radius 2 is 2.37 bits per heavy atom. The van der Waals surface area contributed by atoms with E-state index in [1.165, 1.54) is 38.9 Å². The first kappa shape index (κ1) is 13.1. The average Bonchev–Trinajstić information content (AvgIpc) is 2.99. The van der Waals surface area contributed by atoms with Crippen LogP contribution in [0.25, 0.3) is 0 Å². The normalized spacial score (nSPS) is 32.8. The van der Waals surface area contributed by atoms with Gasteiger partial charge in [-0.05, 0) is 44.7 Å². The highest BCUT2D eigenvalue weighted by atomic mass is 15.2. The molecule has 19 heavy (non-hydrogen) atoms. The molecule has 0 amide bonds. The molecule has 2 aliphatic heterocycles. The highest BCUT2D eigenvalue weighted by molar-refractivity contribution is 5.00. The monoisotopic (exact) mass is 263 g/mol. The van der Waals surface area contributed by atoms with Gasteiger partial charge in [-0.1, -0.05) is 6.92 Å². The van der Waals surface area contributed by atoms with E-state index in [1.807, 2.05) is 6.92 Å². The molecule has 2 saturated heterocycles. The fourth-order valence-corrected chi connectivity index (χ4v) is 3.50. The molecule has 5 nitrogen and oxygen atoms in total. The number of H-pyrrole nitrogens is 1. The number of aromatic nitrogens is 3. The second-order valence-electron chi connectivity index (χ2n) is 6.59. The Labute approximate surface area is 115 Å². The first-order valence-corrected chi connectivity index (χ1v) is 7.47. The first-order valence-electron chi connectivity index (χ1n) is 7.47. The van der Waals surface area contributed by atoms with Crippen LogP contribution in [-0.4, -0.2) is 52.8 Å². The zero-order valence-corrected chi connectivity index (χ0v) is 12.1. The number of likely N-dealkylation sites (tertiary alicyclic amines) is 1. The van der Waals surface area contributed by atoms with E-state index in [2.05, 4.69) is 32.3 Å². The molecular formula is C14H25N5. The van der Waals surface area contributed by atoms with Gasteiger partial charge in [0.05, 0.1) is 0 Å². The highest BCUT2D eigenvalue weighted by Gasteiger charge is 2.33. The SMILES string of the molecule is Cc1nc(C2CCCN(CC3(C)CCNC3)C2)n[nH]1. The number of hydrogen-bond donors (Lipinski definition) is 2. The molecule has 106 valence electrons. The molecule has 0 aromatic carbocycles. The summed E-state index contributed by atoms with van der Waals surface area (Å²) in [5.41, 5.74) is 0.455. The summed E-state index contributed by atoms with van der Waals surface area (Å²) in [7, 11) is 0. The van der Waals surface area contributed by atoms with E-state index in [1.54, 1.807) is 0 Å². The molecule has 3 heterocycles. The van der Waals surface area contributed by atoms with Crippen LogP contribution in [0.4, 0.5) is 0 Å². The van der Waals surface area contributed by atoms with E-state index >= 15 is 0 Å². The molecule has 0 radical (unpaired) electrons. The summed E-state index contributed by atoms with van der Waals surface area (Å²) < 4.78 is 0. The standard InChI is InChI=1S/C14H25N5/c1-11-16-13(18-17-11)12-4-3-7-19(8-12)10-14(2)5-6-15-9-14/h12,15H,3-10H2,1-2H3,(H,16,17,18). The Morgan fingerprint density at radius 1 is 1.47 bits per heavy atom. The number of aromatic amines is 1. The van der Waals surface area contributed by atoms with Crippen molar-refractivity contribution >= 4 is 0 Å². The number of nitrogens with zero attached hydrogens (tertiary/aromatic N) is 3. The van der Waals surface area contributed by atoms with Crippen molar-refractivity contribution in [2.75, 3.05) is 32.7 Å². The Kier molecular flexibility index (Phi) is 3.58. The van der Waals surface area contributed by atoms with E-state index in [0.29, 0.717) is 11.3 Å². The molecule has 1 aromatic rings. The van der Waals surface area contributed by atoms with Crippen molar-refractivity contribution in [2.24, 2.45) is 5.41 Å². The molecule has 2 N–H and O–H groups in total. The van der Waals surface area contributed by atoms with Gasteiger partial charge in [-0.3, -0.25) is 5.10 Å². The fraction of sp³-hybridized carbons (Fsp3) is 0.857. The lowest BCUT2D eigenvalue weighted by molar-refractivity contribution is 0.139. The third-order valence-corrected chi connectivity index (χ3v) is 4.55. The predicted molar refractivity (Wildman–Crippen MR) is 75.1 cm³/mol. The molecule has 3 rings (SSSR count). The predicted octanol–water partition coefficient (Wildman–Crippen LogP) is 1.29. The van der Waals surface area contributed by atoms with Crippen LogP contribution in [0.2, 0.25) is 0 Å². The smallest absolute Gasteiger partial charge is 0.155 e. The molecule has 1 aromatic heterocycles. The van der Waals surface area contributed by atoms with Crippen molar-refractivity contribution in [2.45, 2.75) is 39.0 Å². The molecule has 2 atom stereocenters. The number of nitrogens with one attached hydrogen (secondary N) is 2. The van der Waals surface area contributed by atoms with Gasteiger partial charge < -0.3 is 10.2 Å². The molecule has 0 aliphatic carbocycles. The summed E-state index contributed by atoms with van der Waals surface area (Å²) in [4.78, 5) is 7.13. The maximum Gasteiger partial charge on any atom is 0.155 e. The minimum absolute atomic E-state index is 0.455. The molecule has 0 spiro atoms. The Balaban J connectivity index is 1.61. The number of rotatable bonds is 3. The van der Waals surface area contributed by atoms with Crippen molar-refractivity contribution in [3.63, 3.8) is 0 Å². The Bertz CT molecular complexity index is 421. The second kappa shape index (κ2) is 5.21. The second-order valence-corrected chi connectivity index (χ2v) is 6.59. The van der Waals surface area contributed by atoms with E-state index < -0.39 is 0 Å². The fourth-order valence-electron chi connectivity index (χ4n) is 3.50. The average molecular weight is 263 g/mol. The molecule has 5 heteroatoms. The van der Waals surface area contributed by atoms with Gasteiger partial charge in [0.1, 0.15) is 5.82 Å². The lowest BCUT2D eigenvalue weighted by atomic mass is 9.87. The summed E-state index contributed by atoms with van der Waals surface area (Å²) in [5, 5.41) is 10.8. The highest BCUT2D eigenvalue weighted by Crippen LogP contribution is 2.30. The zero-order valence-electron chi connectivity index (χ0n) is 12.1. The van der Waals surface area contributed by atoms with E-state index in [9.17, 15) is 0 Å². The third-order valence-electron chi connectivity index (χ3n) is 4.55. The van der Waals surface area contributed by atoms with Crippen molar-refractivity contribution in [1.29, 1.82) is 0 Å². The van der Waals surface area contributed by atoms with Crippen LogP contribution in [0.5, 0.6) is 0 Å². The van der Waals surface area contributed by atoms with Crippen molar-refractivity contribution in [3.8, 4) is 0 Å². The van der Waals surface area contributed by atoms with Crippen molar-refractivity contribution in [1.82, 2.24) is 25.4 Å². The topological polar surface area (TPSA) is 56.8 Å². The van der Waals surface area contributed by atoms with E-state index in [-0.39, 0.29) is 0 Å². The molecule has 2 fully saturated rings. The van der Waals surface area contributed by atoms with Crippen LogP contribution >= 0.6 is 0 Å². The van der Waals surface area contributed by atoms with Gasteiger partial charge in [0.25, 0.3) is 0 Å². The molecule has 2 unspecified atom stereocenters. The van der Waals surface area contributed by atoms with Crippen LogP contribution in [0, 0.1) is 12.3 Å². The lowest BCUT2D eigenvalue weighted by Gasteiger charge is -2.36. The minimum atomic E-state index is 0.455. The van der Waals surface area contributed by atoms with Crippen LogP contribution in [-0.2, 0) is 0 Å². The quantitative estimate of drug-likeness (QED) is 0.863. The molecule has 0 saturated carbocycles. The van der Waals surface area contributed by atoms with Gasteiger partial charge in [-0.2, -0.15) is 5.10 Å². The molecule has 2 aliphatic rings. The van der Waals surface area contributed by atoms with Crippen LogP contribution < -0.4 is 5.32 Å². The molecule has 0 bridgehead atoms. The lowest BCUT2D eigenvalue weighted by Crippen LogP contribution is -2.42. The van der Waals surface area contributed by atoms with Crippen molar-refractivity contribution < 1.29 is 0 Å². The number of aryl methyl sites for hydroxylation is 1. The van der Waals surface area contributed by atoms with Gasteiger partial charge >= 0.3 is 0 Å². The van der Waals surface area contributed by atoms with Crippen LogP contribution in [0.15, 0.2) is 0 Å². The van der Waals surface area contributed by atoms with Gasteiger partial charge in [0, 0.05) is 25.6 Å². The number of hydrogen-bond acceptors (Lipinski definition) is 4. The zero-order chi connectivity index (χ0) is 13.3. The Morgan fingerprint density at radius 3 is 3.05 bits per heavy atom. The van der Waals surface area contributed by atoms with E-state index in [4.69, 9.17) is 0 Å². The van der Waals surface area contributed by atoms with Gasteiger partial charge in [-0.15, -0.1) is 0 Å². The minimum Gasteiger partial charge on any atom is -0.316 e. The number of piperidine rings is 1. The summed E-state index contributed by atoms with van der Waals surface area (Å²) in [5.74, 6) is 2.45. The summed E-state index contributed by atoms with van der Waals surface area (Å²) >= 11 is 0. The van der Waals surface area contributed by atoms with Crippen LogP contribution in [0.1, 0.15) is 43.8 Å². The summed E-state index contributed by atoms with van der Waals surface area (Å²) in [6.45, 7) is 10.3. The van der Waals surface area contributed by atoms with Gasteiger partial charge in [0.15, 0.2) is 5.82 Å². The van der Waals surface area contributed by atoms with Crippen molar-refractivity contribution in [3.05, 3.63) is 11.6 Å². The van der Waals surface area contributed by atoms with Crippen LogP contribution in [0.3, 0.4) is 0 Å². The van der Waals surface area contributed by atoms with Gasteiger partial charge in [-0.25, -0.2) is 4.98 Å². The first-order chi connectivity index (χ1) is 9.15.